The zero-order chi connectivity index (χ0) is 15.1. The van der Waals surface area contributed by atoms with E-state index in [-0.39, 0.29) is 17.5 Å². The van der Waals surface area contributed by atoms with Gasteiger partial charge in [0.1, 0.15) is 5.82 Å². The fourth-order valence-corrected chi connectivity index (χ4v) is 3.69. The summed E-state index contributed by atoms with van der Waals surface area (Å²) >= 11 is 3.21. The van der Waals surface area contributed by atoms with Gasteiger partial charge in [0.15, 0.2) is 0 Å². The van der Waals surface area contributed by atoms with Gasteiger partial charge in [0.05, 0.1) is 17.5 Å². The third-order valence-electron chi connectivity index (χ3n) is 4.23. The molecule has 21 heavy (non-hydrogen) atoms. The van der Waals surface area contributed by atoms with Crippen LogP contribution in [-0.2, 0) is 9.59 Å². The van der Waals surface area contributed by atoms with E-state index in [9.17, 15) is 19.1 Å². The number of carboxylic acids is 1. The molecule has 0 saturated heterocycles. The molecule has 6 heteroatoms. The molecule has 1 aromatic rings. The first-order valence-corrected chi connectivity index (χ1v) is 7.43. The summed E-state index contributed by atoms with van der Waals surface area (Å²) in [6, 6.07) is 4.24. The van der Waals surface area contributed by atoms with Crippen LogP contribution >= 0.6 is 15.9 Å². The minimum atomic E-state index is -0.971. The molecule has 0 heterocycles. The Morgan fingerprint density at radius 2 is 1.90 bits per heavy atom. The van der Waals surface area contributed by atoms with Crippen LogP contribution in [-0.4, -0.2) is 17.0 Å². The predicted octanol–water partition coefficient (Wildman–Crippen LogP) is 3.05. The molecule has 2 bridgehead atoms. The third-order valence-corrected chi connectivity index (χ3v) is 4.73. The van der Waals surface area contributed by atoms with Gasteiger partial charge in [-0.15, -0.1) is 0 Å². The summed E-state index contributed by atoms with van der Waals surface area (Å²) < 4.78 is 14.3. The van der Waals surface area contributed by atoms with Crippen LogP contribution in [0, 0.1) is 29.5 Å². The van der Waals surface area contributed by atoms with Crippen molar-refractivity contribution in [3.8, 4) is 0 Å². The van der Waals surface area contributed by atoms with Gasteiger partial charge in [0, 0.05) is 4.47 Å². The van der Waals surface area contributed by atoms with Crippen LogP contribution in [0.1, 0.15) is 6.42 Å². The number of nitrogens with one attached hydrogen (secondary N) is 1. The molecule has 2 aliphatic carbocycles. The Balaban J connectivity index is 1.83. The van der Waals surface area contributed by atoms with Crippen molar-refractivity contribution in [3.05, 3.63) is 40.6 Å². The van der Waals surface area contributed by atoms with E-state index >= 15 is 0 Å². The van der Waals surface area contributed by atoms with Gasteiger partial charge < -0.3 is 10.4 Å². The smallest absolute Gasteiger partial charge is 0.307 e. The number of benzene rings is 1. The lowest BCUT2D eigenvalue weighted by Gasteiger charge is -2.24. The first kappa shape index (κ1) is 14.3. The summed E-state index contributed by atoms with van der Waals surface area (Å²) in [5.41, 5.74) is 0.0604. The molecule has 2 N–H and O–H groups in total. The lowest BCUT2D eigenvalue weighted by atomic mass is 9.82. The summed E-state index contributed by atoms with van der Waals surface area (Å²) in [6.45, 7) is 0. The average Bonchev–Trinajstić information content (AvgIpc) is 3.03. The number of carboxylic acid groups (broad SMARTS) is 1. The number of carbonyl (C=O) groups excluding carboxylic acids is 1. The van der Waals surface area contributed by atoms with Crippen molar-refractivity contribution < 1.29 is 19.1 Å². The number of allylic oxidation sites excluding steroid dienone is 2. The van der Waals surface area contributed by atoms with E-state index in [1.54, 1.807) is 0 Å². The van der Waals surface area contributed by atoms with E-state index in [4.69, 9.17) is 0 Å². The average molecular weight is 354 g/mol. The molecule has 0 radical (unpaired) electrons. The normalized spacial score (nSPS) is 29.6. The van der Waals surface area contributed by atoms with Crippen molar-refractivity contribution in [2.75, 3.05) is 5.32 Å². The van der Waals surface area contributed by atoms with Gasteiger partial charge >= 0.3 is 5.97 Å². The van der Waals surface area contributed by atoms with Crippen LogP contribution in [0.15, 0.2) is 34.8 Å². The first-order chi connectivity index (χ1) is 9.97. The maximum atomic E-state index is 13.7. The van der Waals surface area contributed by atoms with E-state index < -0.39 is 29.5 Å². The van der Waals surface area contributed by atoms with Gasteiger partial charge in [-0.2, -0.15) is 0 Å². The molecule has 1 saturated carbocycles. The Kier molecular flexibility index (Phi) is 3.57. The van der Waals surface area contributed by atoms with Crippen LogP contribution in [0.3, 0.4) is 0 Å². The summed E-state index contributed by atoms with van der Waals surface area (Å²) in [6.07, 6.45) is 4.44. The van der Waals surface area contributed by atoms with Crippen molar-refractivity contribution in [1.29, 1.82) is 0 Å². The van der Waals surface area contributed by atoms with E-state index in [0.717, 1.165) is 0 Å². The Morgan fingerprint density at radius 3 is 2.57 bits per heavy atom. The molecule has 4 atom stereocenters. The number of fused-ring (bicyclic) bond motifs is 2. The molecular formula is C15H13BrFNO3. The molecule has 1 aromatic carbocycles. The molecule has 3 rings (SSSR count). The lowest BCUT2D eigenvalue weighted by Crippen LogP contribution is -2.36. The zero-order valence-corrected chi connectivity index (χ0v) is 12.5. The largest absolute Gasteiger partial charge is 0.481 e. The highest BCUT2D eigenvalue weighted by Crippen LogP contribution is 2.48. The van der Waals surface area contributed by atoms with Crippen LogP contribution in [0.4, 0.5) is 10.1 Å². The highest BCUT2D eigenvalue weighted by molar-refractivity contribution is 9.10. The molecule has 4 nitrogen and oxygen atoms in total. The minimum absolute atomic E-state index is 0.0604. The standard InChI is InChI=1S/C15H13BrFNO3/c16-9-3-4-10(17)11(6-9)18-14(19)12-7-1-2-8(5-7)13(12)15(20)21/h1-4,6-8,12-13H,5H2,(H,18,19)(H,20,21)/t7?,8?,12-,13+/m0/s1. The highest BCUT2D eigenvalue weighted by Gasteiger charge is 2.51. The SMILES string of the molecule is O=C(O)[C@@H]1C2C=CC(C2)[C@@H]1C(=O)Nc1cc(Br)ccc1F. The maximum Gasteiger partial charge on any atom is 0.307 e. The molecule has 2 unspecified atom stereocenters. The summed E-state index contributed by atoms with van der Waals surface area (Å²) in [5, 5.41) is 11.8. The second-order valence-corrected chi connectivity index (χ2v) is 6.37. The summed E-state index contributed by atoms with van der Waals surface area (Å²) in [4.78, 5) is 23.8. The summed E-state index contributed by atoms with van der Waals surface area (Å²) in [7, 11) is 0. The number of carbonyl (C=O) groups is 2. The van der Waals surface area contributed by atoms with Crippen LogP contribution in [0.2, 0.25) is 0 Å². The predicted molar refractivity (Wildman–Crippen MR) is 78.1 cm³/mol. The van der Waals surface area contributed by atoms with E-state index in [1.165, 1.54) is 18.2 Å². The Morgan fingerprint density at radius 1 is 1.24 bits per heavy atom. The molecule has 2 aliphatic rings. The zero-order valence-electron chi connectivity index (χ0n) is 10.9. The van der Waals surface area contributed by atoms with Crippen molar-refractivity contribution in [1.82, 2.24) is 0 Å². The quantitative estimate of drug-likeness (QED) is 0.820. The Bertz CT molecular complexity index is 646. The number of anilines is 1. The molecule has 0 aromatic heterocycles. The molecule has 110 valence electrons. The van der Waals surface area contributed by atoms with Crippen LogP contribution < -0.4 is 5.32 Å². The van der Waals surface area contributed by atoms with Gasteiger partial charge in [-0.3, -0.25) is 9.59 Å². The number of halogens is 2. The molecular weight excluding hydrogens is 341 g/mol. The van der Waals surface area contributed by atoms with E-state index in [0.29, 0.717) is 10.9 Å². The third kappa shape index (κ3) is 2.48. The first-order valence-electron chi connectivity index (χ1n) is 6.64. The molecule has 1 amide bonds. The second-order valence-electron chi connectivity index (χ2n) is 5.45. The number of amides is 1. The number of hydrogen-bond acceptors (Lipinski definition) is 2. The van der Waals surface area contributed by atoms with Gasteiger partial charge in [0.2, 0.25) is 5.91 Å². The molecule has 0 spiro atoms. The van der Waals surface area contributed by atoms with Crippen LogP contribution in [0.5, 0.6) is 0 Å². The van der Waals surface area contributed by atoms with Crippen LogP contribution in [0.25, 0.3) is 0 Å². The van der Waals surface area contributed by atoms with E-state index in [1.807, 2.05) is 12.2 Å². The van der Waals surface area contributed by atoms with Crippen molar-refractivity contribution in [2.45, 2.75) is 6.42 Å². The number of aliphatic carboxylic acids is 1. The van der Waals surface area contributed by atoms with Gasteiger partial charge in [-0.05, 0) is 36.5 Å². The van der Waals surface area contributed by atoms with Gasteiger partial charge in [-0.1, -0.05) is 28.1 Å². The van der Waals surface area contributed by atoms with Crippen molar-refractivity contribution >= 4 is 33.5 Å². The van der Waals surface area contributed by atoms with Gasteiger partial charge in [-0.25, -0.2) is 4.39 Å². The Hall–Kier alpha value is -1.69. The fourth-order valence-electron chi connectivity index (χ4n) is 3.33. The van der Waals surface area contributed by atoms with Gasteiger partial charge in [0.25, 0.3) is 0 Å². The maximum absolute atomic E-state index is 13.7. The lowest BCUT2D eigenvalue weighted by molar-refractivity contribution is -0.146. The Labute approximate surface area is 129 Å². The monoisotopic (exact) mass is 353 g/mol. The topological polar surface area (TPSA) is 66.4 Å². The molecule has 0 aliphatic heterocycles. The minimum Gasteiger partial charge on any atom is -0.481 e. The van der Waals surface area contributed by atoms with E-state index in [2.05, 4.69) is 21.2 Å². The number of rotatable bonds is 3. The van der Waals surface area contributed by atoms with Crippen molar-refractivity contribution in [2.24, 2.45) is 23.7 Å². The second kappa shape index (κ2) is 5.26. The number of hydrogen-bond donors (Lipinski definition) is 2. The van der Waals surface area contributed by atoms with Crippen molar-refractivity contribution in [3.63, 3.8) is 0 Å². The highest BCUT2D eigenvalue weighted by atomic mass is 79.9. The fraction of sp³-hybridized carbons (Fsp3) is 0.333. The summed E-state index contributed by atoms with van der Waals surface area (Å²) in [5.74, 6) is -3.50. The molecule has 1 fully saturated rings.